The number of nitrogens with one attached hydrogen (secondary N) is 1. The molecule has 5 heteroatoms. The quantitative estimate of drug-likeness (QED) is 0.758. The topological polar surface area (TPSA) is 71.5 Å². The second-order valence-corrected chi connectivity index (χ2v) is 6.16. The summed E-state index contributed by atoms with van der Waals surface area (Å²) in [5, 5.41) is 14.3. The molecule has 1 N–H and O–H groups in total. The van der Waals surface area contributed by atoms with Gasteiger partial charge in [-0.3, -0.25) is 4.79 Å². The molecule has 0 fully saturated rings. The van der Waals surface area contributed by atoms with Crippen molar-refractivity contribution in [3.8, 4) is 0 Å². The highest BCUT2D eigenvalue weighted by Crippen LogP contribution is 2.30. The summed E-state index contributed by atoms with van der Waals surface area (Å²) in [5.74, 6) is 0.742. The summed E-state index contributed by atoms with van der Waals surface area (Å²) in [6.07, 6.45) is 4.61. The fourth-order valence-electron chi connectivity index (χ4n) is 2.86. The SMILES string of the molecule is CC(=O)[C@H](CCC=C(C)C)[C@H](Cc1ccccc1)c1nnn[nH]1. The van der Waals surface area contributed by atoms with Crippen molar-refractivity contribution in [2.45, 2.75) is 46.0 Å². The lowest BCUT2D eigenvalue weighted by Gasteiger charge is -2.23. The number of nitrogens with zero attached hydrogens (tertiary/aromatic N) is 3. The maximum absolute atomic E-state index is 12.2. The smallest absolute Gasteiger partial charge is 0.152 e. The molecule has 0 unspecified atom stereocenters. The van der Waals surface area contributed by atoms with E-state index in [-0.39, 0.29) is 17.6 Å². The van der Waals surface area contributed by atoms with Gasteiger partial charge in [-0.05, 0) is 56.0 Å². The number of hydrogen-bond donors (Lipinski definition) is 1. The summed E-state index contributed by atoms with van der Waals surface area (Å²) in [7, 11) is 0. The van der Waals surface area contributed by atoms with Gasteiger partial charge in [-0.15, -0.1) is 5.10 Å². The molecule has 0 aliphatic heterocycles. The fourth-order valence-corrected chi connectivity index (χ4v) is 2.86. The predicted octanol–water partition coefficient (Wildman–Crippen LogP) is 3.48. The number of ketones is 1. The minimum absolute atomic E-state index is 0.0320. The minimum Gasteiger partial charge on any atom is -0.300 e. The van der Waals surface area contributed by atoms with E-state index in [0.29, 0.717) is 5.82 Å². The number of carbonyl (C=O) groups excluding carboxylic acids is 1. The maximum Gasteiger partial charge on any atom is 0.152 e. The van der Waals surface area contributed by atoms with Crippen molar-refractivity contribution < 1.29 is 4.79 Å². The number of aromatic nitrogens is 4. The Labute approximate surface area is 137 Å². The van der Waals surface area contributed by atoms with Gasteiger partial charge >= 0.3 is 0 Å². The number of rotatable bonds is 8. The lowest BCUT2D eigenvalue weighted by Crippen LogP contribution is -2.23. The van der Waals surface area contributed by atoms with Crippen LogP contribution in [0.5, 0.6) is 0 Å². The number of Topliss-reactive ketones (excluding diaryl/α,β-unsaturated/α-hetero) is 1. The molecule has 0 aliphatic rings. The number of tetrazole rings is 1. The summed E-state index contributed by atoms with van der Waals surface area (Å²) in [5.41, 5.74) is 2.45. The van der Waals surface area contributed by atoms with Crippen LogP contribution in [0.25, 0.3) is 0 Å². The zero-order valence-electron chi connectivity index (χ0n) is 14.0. The number of H-pyrrole nitrogens is 1. The Balaban J connectivity index is 2.22. The van der Waals surface area contributed by atoms with E-state index in [1.807, 2.05) is 18.2 Å². The maximum atomic E-state index is 12.2. The Morgan fingerprint density at radius 1 is 1.22 bits per heavy atom. The molecular weight excluding hydrogens is 288 g/mol. The molecule has 0 bridgehead atoms. The molecule has 122 valence electrons. The van der Waals surface area contributed by atoms with Gasteiger partial charge in [-0.2, -0.15) is 0 Å². The van der Waals surface area contributed by atoms with Crippen LogP contribution in [0.4, 0.5) is 0 Å². The molecule has 0 saturated heterocycles. The Bertz CT molecular complexity index is 630. The third kappa shape index (κ3) is 5.13. The van der Waals surface area contributed by atoms with Gasteiger partial charge in [0.15, 0.2) is 5.82 Å². The van der Waals surface area contributed by atoms with Crippen LogP contribution in [-0.4, -0.2) is 26.4 Å². The van der Waals surface area contributed by atoms with Gasteiger partial charge < -0.3 is 0 Å². The number of benzene rings is 1. The lowest BCUT2D eigenvalue weighted by molar-refractivity contribution is -0.121. The van der Waals surface area contributed by atoms with Gasteiger partial charge in [-0.1, -0.05) is 42.0 Å². The molecular formula is C18H24N4O. The van der Waals surface area contributed by atoms with Gasteiger partial charge in [-0.25, -0.2) is 5.10 Å². The van der Waals surface area contributed by atoms with Crippen LogP contribution in [0.2, 0.25) is 0 Å². The molecule has 1 aromatic carbocycles. The molecule has 0 saturated carbocycles. The first-order valence-electron chi connectivity index (χ1n) is 7.99. The van der Waals surface area contributed by atoms with E-state index in [9.17, 15) is 4.79 Å². The Morgan fingerprint density at radius 2 is 1.96 bits per heavy atom. The van der Waals surface area contributed by atoms with Crippen LogP contribution in [0, 0.1) is 5.92 Å². The predicted molar refractivity (Wildman–Crippen MR) is 89.9 cm³/mol. The number of hydrogen-bond acceptors (Lipinski definition) is 4. The highest BCUT2D eigenvalue weighted by Gasteiger charge is 2.29. The average molecular weight is 312 g/mol. The van der Waals surface area contributed by atoms with Crippen LogP contribution in [0.3, 0.4) is 0 Å². The summed E-state index contributed by atoms with van der Waals surface area (Å²) >= 11 is 0. The molecule has 0 radical (unpaired) electrons. The van der Waals surface area contributed by atoms with E-state index in [2.05, 4.69) is 52.7 Å². The van der Waals surface area contributed by atoms with Crippen LogP contribution >= 0.6 is 0 Å². The van der Waals surface area contributed by atoms with E-state index in [0.717, 1.165) is 19.3 Å². The first kappa shape index (κ1) is 17.1. The van der Waals surface area contributed by atoms with Crippen LogP contribution < -0.4 is 0 Å². The molecule has 0 spiro atoms. The van der Waals surface area contributed by atoms with Crippen LogP contribution in [0.1, 0.15) is 50.9 Å². The average Bonchev–Trinajstić information content (AvgIpc) is 3.04. The van der Waals surface area contributed by atoms with Gasteiger partial charge in [0, 0.05) is 11.8 Å². The van der Waals surface area contributed by atoms with Crippen molar-refractivity contribution in [2.24, 2.45) is 5.92 Å². The van der Waals surface area contributed by atoms with Gasteiger partial charge in [0.05, 0.1) is 0 Å². The largest absolute Gasteiger partial charge is 0.300 e. The van der Waals surface area contributed by atoms with Crippen LogP contribution in [-0.2, 0) is 11.2 Å². The molecule has 2 aromatic rings. The molecule has 2 atom stereocenters. The molecule has 23 heavy (non-hydrogen) atoms. The van der Waals surface area contributed by atoms with E-state index >= 15 is 0 Å². The minimum atomic E-state index is -0.0967. The second kappa shape index (κ2) is 8.36. The Hall–Kier alpha value is -2.30. The van der Waals surface area contributed by atoms with Crippen molar-refractivity contribution in [2.75, 3.05) is 0 Å². The summed E-state index contributed by atoms with van der Waals surface area (Å²) in [4.78, 5) is 12.2. The lowest BCUT2D eigenvalue weighted by atomic mass is 9.81. The highest BCUT2D eigenvalue weighted by molar-refractivity contribution is 5.79. The standard InChI is InChI=1S/C18H24N4O/c1-13(2)8-7-11-16(14(3)23)17(18-19-21-22-20-18)12-15-9-5-4-6-10-15/h4-6,8-10,16-17H,7,11-12H2,1-3H3,(H,19,20,21,22)/t16-,17-/m0/s1. The fraction of sp³-hybridized carbons (Fsp3) is 0.444. The Kier molecular flexibility index (Phi) is 6.20. The number of carbonyl (C=O) groups is 1. The number of aromatic amines is 1. The van der Waals surface area contributed by atoms with Gasteiger partial charge in [0.25, 0.3) is 0 Å². The zero-order chi connectivity index (χ0) is 16.7. The summed E-state index contributed by atoms with van der Waals surface area (Å²) in [6.45, 7) is 5.81. The van der Waals surface area contributed by atoms with Crippen LogP contribution in [0.15, 0.2) is 42.0 Å². The molecule has 0 aliphatic carbocycles. The molecule has 0 amide bonds. The van der Waals surface area contributed by atoms with Gasteiger partial charge in [0.1, 0.15) is 5.78 Å². The molecule has 1 heterocycles. The first-order chi connectivity index (χ1) is 11.1. The molecule has 2 rings (SSSR count). The molecule has 1 aromatic heterocycles. The van der Waals surface area contributed by atoms with E-state index in [1.54, 1.807) is 6.92 Å². The van der Waals surface area contributed by atoms with Crippen molar-refractivity contribution in [3.63, 3.8) is 0 Å². The summed E-state index contributed by atoms with van der Waals surface area (Å²) < 4.78 is 0. The van der Waals surface area contributed by atoms with Crippen molar-refractivity contribution in [1.82, 2.24) is 20.6 Å². The van der Waals surface area contributed by atoms with Crippen molar-refractivity contribution in [1.29, 1.82) is 0 Å². The normalized spacial score (nSPS) is 13.3. The monoisotopic (exact) mass is 312 g/mol. The van der Waals surface area contributed by atoms with Crippen molar-refractivity contribution in [3.05, 3.63) is 53.4 Å². The molecule has 5 nitrogen and oxygen atoms in total. The van der Waals surface area contributed by atoms with Gasteiger partial charge in [0.2, 0.25) is 0 Å². The first-order valence-corrected chi connectivity index (χ1v) is 7.99. The zero-order valence-corrected chi connectivity index (χ0v) is 14.0. The van der Waals surface area contributed by atoms with E-state index < -0.39 is 0 Å². The second-order valence-electron chi connectivity index (χ2n) is 6.16. The third-order valence-electron chi connectivity index (χ3n) is 4.05. The number of allylic oxidation sites excluding steroid dienone is 2. The van der Waals surface area contributed by atoms with E-state index in [1.165, 1.54) is 11.1 Å². The van der Waals surface area contributed by atoms with E-state index in [4.69, 9.17) is 0 Å². The van der Waals surface area contributed by atoms with Crippen molar-refractivity contribution >= 4 is 5.78 Å². The summed E-state index contributed by atoms with van der Waals surface area (Å²) in [6, 6.07) is 10.2. The third-order valence-corrected chi connectivity index (χ3v) is 4.05. The highest BCUT2D eigenvalue weighted by atomic mass is 16.1. The Morgan fingerprint density at radius 3 is 2.52 bits per heavy atom.